The van der Waals surface area contributed by atoms with Crippen LogP contribution < -0.4 is 0 Å². The average Bonchev–Trinajstić information content (AvgIpc) is 2.66. The number of hydrogen-bond acceptors (Lipinski definition) is 3. The van der Waals surface area contributed by atoms with Crippen LogP contribution in [0.1, 0.15) is 10.4 Å². The van der Waals surface area contributed by atoms with Gasteiger partial charge >= 0.3 is 0 Å². The maximum absolute atomic E-state index is 11.7. The second kappa shape index (κ2) is 4.94. The van der Waals surface area contributed by atoms with Gasteiger partial charge < -0.3 is 5.11 Å². The fraction of sp³-hybridized carbons (Fsp3) is 0.154. The van der Waals surface area contributed by atoms with Gasteiger partial charge in [-0.1, -0.05) is 30.3 Å². The van der Waals surface area contributed by atoms with Crippen LogP contribution in [0.5, 0.6) is 5.75 Å². The summed E-state index contributed by atoms with van der Waals surface area (Å²) in [4.78, 5) is 12.5. The number of benzene rings is 1. The Morgan fingerprint density at radius 3 is 2.50 bits per heavy atom. The van der Waals surface area contributed by atoms with E-state index in [1.165, 1.54) is 11.3 Å². The van der Waals surface area contributed by atoms with Gasteiger partial charge in [0, 0.05) is 12.8 Å². The van der Waals surface area contributed by atoms with Crippen molar-refractivity contribution in [2.75, 3.05) is 0 Å². The summed E-state index contributed by atoms with van der Waals surface area (Å²) in [6.45, 7) is 0. The normalized spacial score (nSPS) is 10.2. The lowest BCUT2D eigenvalue weighted by atomic mass is 10.1. The molecule has 2 rings (SSSR count). The first kappa shape index (κ1) is 10.9. The first-order chi connectivity index (χ1) is 7.75. The van der Waals surface area contributed by atoms with Crippen molar-refractivity contribution in [1.82, 2.24) is 0 Å². The van der Waals surface area contributed by atoms with E-state index < -0.39 is 0 Å². The van der Waals surface area contributed by atoms with Crippen molar-refractivity contribution >= 4 is 17.1 Å². The van der Waals surface area contributed by atoms with Gasteiger partial charge in [-0.2, -0.15) is 0 Å². The van der Waals surface area contributed by atoms with Crippen LogP contribution in [0.15, 0.2) is 41.8 Å². The zero-order valence-electron chi connectivity index (χ0n) is 8.72. The third-order valence-electron chi connectivity index (χ3n) is 2.32. The Kier molecular flexibility index (Phi) is 3.37. The summed E-state index contributed by atoms with van der Waals surface area (Å²) in [7, 11) is 0. The number of aromatic hydroxyl groups is 1. The molecule has 16 heavy (non-hydrogen) atoms. The van der Waals surface area contributed by atoms with E-state index in [1.54, 1.807) is 11.4 Å². The largest absolute Gasteiger partial charge is 0.507 e. The molecule has 0 saturated heterocycles. The minimum atomic E-state index is 0.129. The average molecular weight is 232 g/mol. The van der Waals surface area contributed by atoms with E-state index in [2.05, 4.69) is 0 Å². The molecule has 0 unspecified atom stereocenters. The monoisotopic (exact) mass is 232 g/mol. The number of Topliss-reactive ketones (excluding diaryl/α,β-unsaturated/α-hetero) is 1. The van der Waals surface area contributed by atoms with E-state index in [-0.39, 0.29) is 11.5 Å². The second-order valence-electron chi connectivity index (χ2n) is 3.61. The zero-order valence-corrected chi connectivity index (χ0v) is 9.54. The van der Waals surface area contributed by atoms with Crippen molar-refractivity contribution in [3.8, 4) is 5.75 Å². The van der Waals surface area contributed by atoms with Gasteiger partial charge in [0.1, 0.15) is 11.5 Å². The lowest BCUT2D eigenvalue weighted by Crippen LogP contribution is -2.05. The highest BCUT2D eigenvalue weighted by Gasteiger charge is 2.09. The maximum Gasteiger partial charge on any atom is 0.142 e. The Morgan fingerprint density at radius 2 is 1.88 bits per heavy atom. The number of hydrogen-bond donors (Lipinski definition) is 1. The number of rotatable bonds is 4. The number of thiophene rings is 1. The predicted octanol–water partition coefficient (Wildman–Crippen LogP) is 2.81. The summed E-state index contributed by atoms with van der Waals surface area (Å²) in [5.74, 6) is 0.357. The Bertz CT molecular complexity index is 474. The minimum Gasteiger partial charge on any atom is -0.507 e. The minimum absolute atomic E-state index is 0.129. The molecule has 0 bridgehead atoms. The van der Waals surface area contributed by atoms with Crippen molar-refractivity contribution in [3.05, 3.63) is 52.2 Å². The Labute approximate surface area is 98.2 Å². The van der Waals surface area contributed by atoms with Gasteiger partial charge in [0.2, 0.25) is 0 Å². The maximum atomic E-state index is 11.7. The van der Waals surface area contributed by atoms with E-state index in [9.17, 15) is 9.90 Å². The molecule has 0 atom stereocenters. The summed E-state index contributed by atoms with van der Waals surface area (Å²) in [6, 6.07) is 11.3. The molecule has 0 amide bonds. The first-order valence-corrected chi connectivity index (χ1v) is 5.94. The van der Waals surface area contributed by atoms with Crippen LogP contribution in [-0.4, -0.2) is 10.9 Å². The molecule has 0 saturated carbocycles. The van der Waals surface area contributed by atoms with Crippen LogP contribution in [-0.2, 0) is 17.6 Å². The van der Waals surface area contributed by atoms with Crippen LogP contribution in [0.2, 0.25) is 0 Å². The van der Waals surface area contributed by atoms with Gasteiger partial charge in [-0.25, -0.2) is 0 Å². The van der Waals surface area contributed by atoms with Gasteiger partial charge in [0.25, 0.3) is 0 Å². The van der Waals surface area contributed by atoms with Crippen LogP contribution in [0.4, 0.5) is 0 Å². The highest BCUT2D eigenvalue weighted by Crippen LogP contribution is 2.23. The van der Waals surface area contributed by atoms with Crippen LogP contribution in [0, 0.1) is 0 Å². The molecule has 2 aromatic rings. The van der Waals surface area contributed by atoms with Crippen molar-refractivity contribution < 1.29 is 9.90 Å². The quantitative estimate of drug-likeness (QED) is 0.880. The Morgan fingerprint density at radius 1 is 1.12 bits per heavy atom. The van der Waals surface area contributed by atoms with Crippen molar-refractivity contribution in [1.29, 1.82) is 0 Å². The summed E-state index contributed by atoms with van der Waals surface area (Å²) >= 11 is 1.42. The molecule has 1 aromatic heterocycles. The molecular formula is C13H12O2S. The van der Waals surface area contributed by atoms with Crippen molar-refractivity contribution in [3.63, 3.8) is 0 Å². The standard InChI is InChI=1S/C13H12O2S/c14-11(8-10-4-2-1-3-5-10)9-13-12(15)6-7-16-13/h1-7,15H,8-9H2. The van der Waals surface area contributed by atoms with Crippen LogP contribution in [0.25, 0.3) is 0 Å². The first-order valence-electron chi connectivity index (χ1n) is 5.06. The molecule has 0 radical (unpaired) electrons. The number of carbonyl (C=O) groups excluding carboxylic acids is 1. The SMILES string of the molecule is O=C(Cc1ccccc1)Cc1sccc1O. The van der Waals surface area contributed by atoms with E-state index in [1.807, 2.05) is 30.3 Å². The molecule has 2 nitrogen and oxygen atoms in total. The number of ketones is 1. The molecule has 0 aliphatic carbocycles. The summed E-state index contributed by atoms with van der Waals surface area (Å²) in [5, 5.41) is 11.2. The van der Waals surface area contributed by atoms with Crippen LogP contribution >= 0.6 is 11.3 Å². The molecular weight excluding hydrogens is 220 g/mol. The van der Waals surface area contributed by atoms with Gasteiger partial charge in [0.05, 0.1) is 4.88 Å². The summed E-state index contributed by atoms with van der Waals surface area (Å²) < 4.78 is 0. The van der Waals surface area contributed by atoms with Gasteiger partial charge in [-0.05, 0) is 17.0 Å². The lowest BCUT2D eigenvalue weighted by Gasteiger charge is -2.00. The highest BCUT2D eigenvalue weighted by molar-refractivity contribution is 7.10. The smallest absolute Gasteiger partial charge is 0.142 e. The topological polar surface area (TPSA) is 37.3 Å². The lowest BCUT2D eigenvalue weighted by molar-refractivity contribution is -0.117. The molecule has 0 fully saturated rings. The fourth-order valence-electron chi connectivity index (χ4n) is 1.53. The van der Waals surface area contributed by atoms with Gasteiger partial charge in [-0.15, -0.1) is 11.3 Å². The molecule has 0 spiro atoms. The Hall–Kier alpha value is -1.61. The van der Waals surface area contributed by atoms with Crippen molar-refractivity contribution in [2.45, 2.75) is 12.8 Å². The second-order valence-corrected chi connectivity index (χ2v) is 4.61. The van der Waals surface area contributed by atoms with E-state index >= 15 is 0 Å². The van der Waals surface area contributed by atoms with Gasteiger partial charge in [-0.3, -0.25) is 4.79 Å². The third kappa shape index (κ3) is 2.70. The molecule has 1 N–H and O–H groups in total. The molecule has 1 aromatic carbocycles. The van der Waals surface area contributed by atoms with Gasteiger partial charge in [0.15, 0.2) is 0 Å². The molecule has 0 aliphatic heterocycles. The summed E-state index contributed by atoms with van der Waals surface area (Å²) in [6.07, 6.45) is 0.747. The fourth-order valence-corrected chi connectivity index (χ4v) is 2.33. The van der Waals surface area contributed by atoms with E-state index in [0.717, 1.165) is 10.4 Å². The molecule has 0 aliphatic rings. The molecule has 82 valence electrons. The summed E-state index contributed by atoms with van der Waals surface area (Å²) in [5.41, 5.74) is 1.02. The molecule has 1 heterocycles. The highest BCUT2D eigenvalue weighted by atomic mass is 32.1. The van der Waals surface area contributed by atoms with E-state index in [4.69, 9.17) is 0 Å². The molecule has 3 heteroatoms. The predicted molar refractivity (Wildman–Crippen MR) is 64.8 cm³/mol. The third-order valence-corrected chi connectivity index (χ3v) is 3.23. The van der Waals surface area contributed by atoms with Crippen LogP contribution in [0.3, 0.4) is 0 Å². The zero-order chi connectivity index (χ0) is 11.4. The Balaban J connectivity index is 1.98. The number of carbonyl (C=O) groups is 1. The van der Waals surface area contributed by atoms with Crippen molar-refractivity contribution in [2.24, 2.45) is 0 Å². The van der Waals surface area contributed by atoms with E-state index in [0.29, 0.717) is 12.8 Å².